The number of allylic oxidation sites excluding steroid dienone is 2. The van der Waals surface area contributed by atoms with Crippen LogP contribution in [0.1, 0.15) is 17.5 Å². The first-order valence-corrected chi connectivity index (χ1v) is 10.4. The molecule has 0 spiro atoms. The lowest BCUT2D eigenvalue weighted by molar-refractivity contribution is -0.140. The summed E-state index contributed by atoms with van der Waals surface area (Å²) in [7, 11) is 0. The van der Waals surface area contributed by atoms with Crippen molar-refractivity contribution in [1.29, 1.82) is 0 Å². The van der Waals surface area contributed by atoms with Gasteiger partial charge in [-0.1, -0.05) is 60.7 Å². The summed E-state index contributed by atoms with van der Waals surface area (Å²) in [4.78, 5) is 25.7. The maximum absolute atomic E-state index is 12.9. The lowest BCUT2D eigenvalue weighted by atomic mass is 9.85. The zero-order valence-corrected chi connectivity index (χ0v) is 16.4. The third-order valence-corrected chi connectivity index (χ3v) is 6.77. The van der Waals surface area contributed by atoms with E-state index in [1.807, 2.05) is 42.6 Å². The number of benzene rings is 2. The van der Waals surface area contributed by atoms with Crippen LogP contribution >= 0.6 is 0 Å². The normalized spacial score (nSPS) is 27.1. The molecule has 2 bridgehead atoms. The largest absolute Gasteiger partial charge is 0.342 e. The molecular formula is C25H21N3O2. The number of aromatic nitrogens is 1. The highest BCUT2D eigenvalue weighted by Gasteiger charge is 2.59. The second kappa shape index (κ2) is 6.52. The van der Waals surface area contributed by atoms with Gasteiger partial charge in [0.05, 0.1) is 18.1 Å². The first-order valence-electron chi connectivity index (χ1n) is 10.4. The molecule has 2 fully saturated rings. The summed E-state index contributed by atoms with van der Waals surface area (Å²) in [6, 6.07) is 18.4. The van der Waals surface area contributed by atoms with Crippen LogP contribution in [0.2, 0.25) is 0 Å². The number of amides is 2. The molecule has 5 heteroatoms. The molecule has 1 aliphatic heterocycles. The van der Waals surface area contributed by atoms with Gasteiger partial charge >= 0.3 is 0 Å². The number of carbonyl (C=O) groups excluding carboxylic acids is 2. The highest BCUT2D eigenvalue weighted by molar-refractivity contribution is 6.07. The van der Waals surface area contributed by atoms with Gasteiger partial charge in [-0.15, -0.1) is 0 Å². The summed E-state index contributed by atoms with van der Waals surface area (Å²) in [5.41, 5.74) is 3.21. The van der Waals surface area contributed by atoms with Gasteiger partial charge in [-0.3, -0.25) is 9.59 Å². The third-order valence-electron chi connectivity index (χ3n) is 6.77. The summed E-state index contributed by atoms with van der Waals surface area (Å²) in [6.45, 7) is 0.746. The Labute approximate surface area is 174 Å². The SMILES string of the molecule is O=C1[C@@H]2[C@@H](C(=O)N1/N=C\c1cn(Cc3ccccc3)c3ccccc13)[C@H]1C=C[C@@H]2C1. The van der Waals surface area contributed by atoms with E-state index in [0.717, 1.165) is 34.4 Å². The highest BCUT2D eigenvalue weighted by atomic mass is 16.2. The maximum Gasteiger partial charge on any atom is 0.254 e. The molecule has 1 aromatic heterocycles. The van der Waals surface area contributed by atoms with E-state index in [0.29, 0.717) is 0 Å². The van der Waals surface area contributed by atoms with Crippen LogP contribution in [0, 0.1) is 23.7 Å². The number of carbonyl (C=O) groups is 2. The van der Waals surface area contributed by atoms with E-state index in [1.165, 1.54) is 5.56 Å². The van der Waals surface area contributed by atoms with E-state index >= 15 is 0 Å². The van der Waals surface area contributed by atoms with Crippen molar-refractivity contribution in [2.24, 2.45) is 28.8 Å². The zero-order chi connectivity index (χ0) is 20.2. The Kier molecular flexibility index (Phi) is 3.78. The molecule has 5 nitrogen and oxygen atoms in total. The van der Waals surface area contributed by atoms with E-state index in [4.69, 9.17) is 0 Å². The topological polar surface area (TPSA) is 54.7 Å². The molecule has 0 unspecified atom stereocenters. The molecule has 1 saturated heterocycles. The minimum Gasteiger partial charge on any atom is -0.342 e. The van der Waals surface area contributed by atoms with E-state index in [-0.39, 0.29) is 35.5 Å². The van der Waals surface area contributed by atoms with Crippen molar-refractivity contribution in [3.05, 3.63) is 84.1 Å². The smallest absolute Gasteiger partial charge is 0.254 e. The summed E-state index contributed by atoms with van der Waals surface area (Å²) in [6.07, 6.45) is 8.83. The highest BCUT2D eigenvalue weighted by Crippen LogP contribution is 2.52. The van der Waals surface area contributed by atoms with E-state index < -0.39 is 0 Å². The lowest BCUT2D eigenvalue weighted by Gasteiger charge is -2.13. The Bertz CT molecular complexity index is 1190. The number of para-hydroxylation sites is 1. The van der Waals surface area contributed by atoms with Crippen molar-refractivity contribution >= 4 is 28.9 Å². The van der Waals surface area contributed by atoms with Gasteiger partial charge in [0.25, 0.3) is 11.8 Å². The fourth-order valence-electron chi connectivity index (χ4n) is 5.41. The fourth-order valence-corrected chi connectivity index (χ4v) is 5.41. The van der Waals surface area contributed by atoms with Crippen LogP contribution in [0.25, 0.3) is 10.9 Å². The van der Waals surface area contributed by atoms with Crippen molar-refractivity contribution in [2.75, 3.05) is 0 Å². The van der Waals surface area contributed by atoms with Crippen molar-refractivity contribution in [2.45, 2.75) is 13.0 Å². The predicted octanol–water partition coefficient (Wildman–Crippen LogP) is 3.83. The molecular weight excluding hydrogens is 374 g/mol. The molecule has 2 aromatic carbocycles. The molecule has 2 heterocycles. The standard InChI is InChI=1S/C25H21N3O2/c29-24-22-17-10-11-18(12-17)23(22)25(30)28(24)26-13-19-15-27(14-16-6-2-1-3-7-16)21-9-5-4-8-20(19)21/h1-11,13,15,17-18,22-23H,12,14H2/b26-13-/t17-,18+,22-,23-/m0/s1. The summed E-state index contributed by atoms with van der Waals surface area (Å²) in [5.74, 6) is -0.334. The van der Waals surface area contributed by atoms with Gasteiger partial charge in [0.2, 0.25) is 0 Å². The molecule has 1 saturated carbocycles. The number of rotatable bonds is 4. The van der Waals surface area contributed by atoms with Crippen LogP contribution in [-0.4, -0.2) is 27.6 Å². The van der Waals surface area contributed by atoms with Crippen molar-refractivity contribution in [1.82, 2.24) is 9.58 Å². The Balaban J connectivity index is 1.32. The second-order valence-corrected chi connectivity index (χ2v) is 8.45. The average Bonchev–Trinajstić information content (AvgIpc) is 3.52. The molecule has 148 valence electrons. The Morgan fingerprint density at radius 3 is 2.30 bits per heavy atom. The van der Waals surface area contributed by atoms with Crippen molar-refractivity contribution in [3.8, 4) is 0 Å². The van der Waals surface area contributed by atoms with E-state index in [1.54, 1.807) is 6.21 Å². The van der Waals surface area contributed by atoms with Gasteiger partial charge < -0.3 is 4.57 Å². The zero-order valence-electron chi connectivity index (χ0n) is 16.4. The Hall–Kier alpha value is -3.47. The molecule has 6 rings (SSSR count). The first kappa shape index (κ1) is 17.4. The van der Waals surface area contributed by atoms with Crippen LogP contribution in [-0.2, 0) is 16.1 Å². The van der Waals surface area contributed by atoms with Crippen LogP contribution in [0.4, 0.5) is 0 Å². The molecule has 0 N–H and O–H groups in total. The number of nitrogens with zero attached hydrogens (tertiary/aromatic N) is 3. The molecule has 3 aliphatic rings. The molecule has 2 aliphatic carbocycles. The Morgan fingerprint density at radius 1 is 0.900 bits per heavy atom. The third kappa shape index (κ3) is 2.51. The molecule has 2 amide bonds. The summed E-state index contributed by atoms with van der Waals surface area (Å²) < 4.78 is 2.18. The quantitative estimate of drug-likeness (QED) is 0.383. The van der Waals surface area contributed by atoms with E-state index in [2.05, 4.69) is 40.0 Å². The van der Waals surface area contributed by atoms with Gasteiger partial charge in [-0.05, 0) is 29.9 Å². The Morgan fingerprint density at radius 2 is 1.57 bits per heavy atom. The van der Waals surface area contributed by atoms with Crippen LogP contribution in [0.5, 0.6) is 0 Å². The fraction of sp³-hybridized carbons (Fsp3) is 0.240. The van der Waals surface area contributed by atoms with Crippen LogP contribution < -0.4 is 0 Å². The first-order chi connectivity index (χ1) is 14.7. The lowest BCUT2D eigenvalue weighted by Crippen LogP contribution is -2.28. The van der Waals surface area contributed by atoms with Gasteiger partial charge in [0, 0.05) is 29.2 Å². The monoisotopic (exact) mass is 395 g/mol. The minimum absolute atomic E-state index is 0.147. The molecule has 30 heavy (non-hydrogen) atoms. The summed E-state index contributed by atoms with van der Waals surface area (Å²) >= 11 is 0. The number of imide groups is 1. The number of fused-ring (bicyclic) bond motifs is 6. The van der Waals surface area contributed by atoms with Gasteiger partial charge in [-0.2, -0.15) is 10.1 Å². The van der Waals surface area contributed by atoms with Gasteiger partial charge in [0.1, 0.15) is 0 Å². The summed E-state index contributed by atoms with van der Waals surface area (Å²) in [5, 5.41) is 6.54. The number of hydrazone groups is 1. The molecule has 0 radical (unpaired) electrons. The second-order valence-electron chi connectivity index (χ2n) is 8.45. The average molecular weight is 395 g/mol. The molecule has 3 aromatic rings. The predicted molar refractivity (Wildman–Crippen MR) is 115 cm³/mol. The minimum atomic E-state index is -0.218. The van der Waals surface area contributed by atoms with Crippen LogP contribution in [0.3, 0.4) is 0 Å². The number of hydrogen-bond acceptors (Lipinski definition) is 3. The number of hydrogen-bond donors (Lipinski definition) is 0. The van der Waals surface area contributed by atoms with Crippen molar-refractivity contribution in [3.63, 3.8) is 0 Å². The van der Waals surface area contributed by atoms with Crippen molar-refractivity contribution < 1.29 is 9.59 Å². The van der Waals surface area contributed by atoms with Gasteiger partial charge in [-0.25, -0.2) is 0 Å². The molecule has 4 atom stereocenters. The van der Waals surface area contributed by atoms with E-state index in [9.17, 15) is 9.59 Å². The van der Waals surface area contributed by atoms with Gasteiger partial charge in [0.15, 0.2) is 0 Å². The van der Waals surface area contributed by atoms with Crippen LogP contribution in [0.15, 0.2) is 78.0 Å². The maximum atomic E-state index is 12.9.